The van der Waals surface area contributed by atoms with Gasteiger partial charge in [-0.2, -0.15) is 0 Å². The quantitative estimate of drug-likeness (QED) is 0.786. The van der Waals surface area contributed by atoms with Gasteiger partial charge in [0.25, 0.3) is 0 Å². The minimum Gasteiger partial charge on any atom is -0.496 e. The molecule has 0 radical (unpaired) electrons. The molecule has 1 aromatic heterocycles. The summed E-state index contributed by atoms with van der Waals surface area (Å²) in [7, 11) is 1.68. The lowest BCUT2D eigenvalue weighted by Crippen LogP contribution is -1.98. The van der Waals surface area contributed by atoms with Gasteiger partial charge < -0.3 is 4.74 Å². The smallest absolute Gasteiger partial charge is 0.148 e. The highest BCUT2D eigenvalue weighted by atomic mass is 35.5. The van der Waals surface area contributed by atoms with Crippen LogP contribution in [-0.4, -0.2) is 16.7 Å². The molecule has 1 aliphatic carbocycles. The zero-order valence-corrected chi connectivity index (χ0v) is 14.0. The second-order valence-corrected chi connectivity index (χ2v) is 5.78. The molecular formula is C19H19ClN2O. The maximum atomic E-state index is 6.13. The highest BCUT2D eigenvalue weighted by Crippen LogP contribution is 2.31. The Balaban J connectivity index is 2.17. The lowest BCUT2D eigenvalue weighted by atomic mass is 10.2. The molecule has 3 nitrogen and oxygen atoms in total. The number of benzene rings is 1. The van der Waals surface area contributed by atoms with Crippen molar-refractivity contribution in [1.82, 2.24) is 9.55 Å². The molecule has 2 aromatic rings. The van der Waals surface area contributed by atoms with E-state index in [0.29, 0.717) is 0 Å². The van der Waals surface area contributed by atoms with Crippen LogP contribution in [0.3, 0.4) is 0 Å². The van der Waals surface area contributed by atoms with Crippen LogP contribution in [-0.2, 0) is 6.42 Å². The Morgan fingerprint density at radius 1 is 1.26 bits per heavy atom. The number of methoxy groups -OCH3 is 1. The molecule has 1 heterocycles. The van der Waals surface area contributed by atoms with E-state index in [-0.39, 0.29) is 0 Å². The number of aromatic nitrogens is 2. The fraction of sp³-hybridized carbons (Fsp3) is 0.211. The molecule has 1 aromatic carbocycles. The second kappa shape index (κ2) is 6.88. The van der Waals surface area contributed by atoms with Gasteiger partial charge in [0.1, 0.15) is 11.6 Å². The van der Waals surface area contributed by atoms with Crippen molar-refractivity contribution in [3.63, 3.8) is 0 Å². The van der Waals surface area contributed by atoms with E-state index < -0.39 is 0 Å². The summed E-state index contributed by atoms with van der Waals surface area (Å²) in [6.45, 7) is 2.10. The van der Waals surface area contributed by atoms with Gasteiger partial charge in [-0.15, -0.1) is 0 Å². The third kappa shape index (κ3) is 3.25. The Hall–Kier alpha value is -2.26. The van der Waals surface area contributed by atoms with Crippen molar-refractivity contribution in [2.45, 2.75) is 19.8 Å². The molecule has 0 saturated heterocycles. The molecule has 0 saturated carbocycles. The van der Waals surface area contributed by atoms with Crippen LogP contribution in [0.4, 0.5) is 0 Å². The van der Waals surface area contributed by atoms with Crippen molar-refractivity contribution >= 4 is 17.3 Å². The summed E-state index contributed by atoms with van der Waals surface area (Å²) in [5.41, 5.74) is 3.05. The first-order chi connectivity index (χ1) is 11.2. The molecule has 118 valence electrons. The Labute approximate surface area is 141 Å². The fourth-order valence-electron chi connectivity index (χ4n) is 2.57. The van der Waals surface area contributed by atoms with E-state index in [1.165, 1.54) is 0 Å². The number of hydrogen-bond donors (Lipinski definition) is 0. The first-order valence-corrected chi connectivity index (χ1v) is 8.05. The molecule has 3 rings (SSSR count). The summed E-state index contributed by atoms with van der Waals surface area (Å²) in [5, 5.41) is 0.825. The minimum atomic E-state index is 0.751. The zero-order valence-electron chi connectivity index (χ0n) is 13.3. The van der Waals surface area contributed by atoms with Gasteiger partial charge >= 0.3 is 0 Å². The maximum absolute atomic E-state index is 6.13. The van der Waals surface area contributed by atoms with Crippen LogP contribution in [0.15, 0.2) is 59.8 Å². The number of nitrogens with zero attached hydrogens (tertiary/aromatic N) is 2. The number of para-hydroxylation sites is 1. The Morgan fingerprint density at radius 2 is 2.09 bits per heavy atom. The molecule has 0 aliphatic heterocycles. The zero-order chi connectivity index (χ0) is 16.2. The number of rotatable bonds is 4. The van der Waals surface area contributed by atoms with Gasteiger partial charge in [-0.1, -0.05) is 36.7 Å². The Morgan fingerprint density at radius 3 is 2.87 bits per heavy atom. The van der Waals surface area contributed by atoms with E-state index in [2.05, 4.69) is 29.8 Å². The number of hydrogen-bond acceptors (Lipinski definition) is 2. The van der Waals surface area contributed by atoms with E-state index in [0.717, 1.165) is 46.4 Å². The lowest BCUT2D eigenvalue weighted by Gasteiger charge is -2.11. The third-order valence-corrected chi connectivity index (χ3v) is 4.06. The van der Waals surface area contributed by atoms with Gasteiger partial charge in [-0.25, -0.2) is 4.98 Å². The first-order valence-electron chi connectivity index (χ1n) is 7.68. The van der Waals surface area contributed by atoms with Crippen LogP contribution in [0.25, 0.3) is 17.1 Å². The molecule has 1 aliphatic rings. The van der Waals surface area contributed by atoms with Crippen LogP contribution in [0.1, 0.15) is 19.0 Å². The molecule has 23 heavy (non-hydrogen) atoms. The number of aryl methyl sites for hydroxylation is 1. The summed E-state index contributed by atoms with van der Waals surface area (Å²) in [4.78, 5) is 4.79. The van der Waals surface area contributed by atoms with E-state index in [4.69, 9.17) is 21.3 Å². The molecule has 0 bridgehead atoms. The lowest BCUT2D eigenvalue weighted by molar-refractivity contribution is 0.416. The predicted molar refractivity (Wildman–Crippen MR) is 95.6 cm³/mol. The largest absolute Gasteiger partial charge is 0.496 e. The number of ether oxygens (including phenoxy) is 1. The Bertz CT molecular complexity index is 799. The molecule has 0 atom stereocenters. The van der Waals surface area contributed by atoms with Gasteiger partial charge in [0.15, 0.2) is 0 Å². The minimum absolute atomic E-state index is 0.751. The molecule has 0 N–H and O–H groups in total. The van der Waals surface area contributed by atoms with Crippen molar-refractivity contribution in [3.8, 4) is 17.1 Å². The summed E-state index contributed by atoms with van der Waals surface area (Å²) < 4.78 is 7.60. The second-order valence-electron chi connectivity index (χ2n) is 5.29. The topological polar surface area (TPSA) is 27.1 Å². The normalized spacial score (nSPS) is 14.2. The van der Waals surface area contributed by atoms with Gasteiger partial charge in [0.05, 0.1) is 18.4 Å². The molecule has 4 heteroatoms. The monoisotopic (exact) mass is 326 g/mol. The molecule has 0 amide bonds. The molecular weight excluding hydrogens is 308 g/mol. The predicted octanol–water partition coefficient (Wildman–Crippen LogP) is 5.04. The molecule has 0 spiro atoms. The highest BCUT2D eigenvalue weighted by Gasteiger charge is 2.15. The van der Waals surface area contributed by atoms with Crippen LogP contribution < -0.4 is 4.74 Å². The van der Waals surface area contributed by atoms with Gasteiger partial charge in [-0.05, 0) is 36.8 Å². The standard InChI is InChI=1S/C19H19ClN2O/c1-3-15-13-22(16-8-6-7-14(20)11-12-16)19(21-15)17-9-4-5-10-18(17)23-2/h4-6,8-13H,3,7H2,1-2H3. The van der Waals surface area contributed by atoms with Crippen molar-refractivity contribution in [2.24, 2.45) is 0 Å². The van der Waals surface area contributed by atoms with Crippen molar-refractivity contribution in [1.29, 1.82) is 0 Å². The average Bonchev–Trinajstić information content (AvgIpc) is 2.90. The van der Waals surface area contributed by atoms with Crippen molar-refractivity contribution in [3.05, 3.63) is 65.5 Å². The van der Waals surface area contributed by atoms with E-state index >= 15 is 0 Å². The first kappa shape index (κ1) is 15.6. The SMILES string of the molecule is CCc1cn(C2=CC=C(Cl)CC=C2)c(-c2ccccc2OC)n1. The number of imidazole rings is 1. The summed E-state index contributed by atoms with van der Waals surface area (Å²) >= 11 is 6.13. The van der Waals surface area contributed by atoms with E-state index in [9.17, 15) is 0 Å². The van der Waals surface area contributed by atoms with Gasteiger partial charge in [0, 0.05) is 23.3 Å². The molecule has 0 fully saturated rings. The van der Waals surface area contributed by atoms with E-state index in [1.807, 2.05) is 36.4 Å². The highest BCUT2D eigenvalue weighted by molar-refractivity contribution is 6.29. The van der Waals surface area contributed by atoms with Crippen molar-refractivity contribution < 1.29 is 4.74 Å². The van der Waals surface area contributed by atoms with Crippen molar-refractivity contribution in [2.75, 3.05) is 7.11 Å². The number of halogens is 1. The fourth-order valence-corrected chi connectivity index (χ4v) is 2.72. The summed E-state index contributed by atoms with van der Waals surface area (Å²) in [6.07, 6.45) is 11.8. The Kier molecular flexibility index (Phi) is 4.68. The third-order valence-electron chi connectivity index (χ3n) is 3.78. The van der Waals surface area contributed by atoms with Gasteiger partial charge in [-0.3, -0.25) is 4.57 Å². The van der Waals surface area contributed by atoms with Crippen LogP contribution in [0.5, 0.6) is 5.75 Å². The maximum Gasteiger partial charge on any atom is 0.148 e. The van der Waals surface area contributed by atoms with Crippen LogP contribution >= 0.6 is 11.6 Å². The summed E-state index contributed by atoms with van der Waals surface area (Å²) in [6, 6.07) is 7.94. The van der Waals surface area contributed by atoms with E-state index in [1.54, 1.807) is 7.11 Å². The van der Waals surface area contributed by atoms with Crippen LogP contribution in [0.2, 0.25) is 0 Å². The van der Waals surface area contributed by atoms with Gasteiger partial charge in [0.2, 0.25) is 0 Å². The number of allylic oxidation sites excluding steroid dienone is 6. The summed E-state index contributed by atoms with van der Waals surface area (Å²) in [5.74, 6) is 1.69. The average molecular weight is 327 g/mol. The van der Waals surface area contributed by atoms with Crippen LogP contribution in [0, 0.1) is 0 Å². The molecule has 0 unspecified atom stereocenters.